The minimum absolute atomic E-state index is 0.339. The van der Waals surface area contributed by atoms with E-state index in [2.05, 4.69) is 0 Å². The summed E-state index contributed by atoms with van der Waals surface area (Å²) in [5.74, 6) is -0.648. The van der Waals surface area contributed by atoms with Gasteiger partial charge in [0.15, 0.2) is 0 Å². The van der Waals surface area contributed by atoms with Gasteiger partial charge in [-0.05, 0) is 17.7 Å². The average molecular weight is 226 g/mol. The number of benzene rings is 1. The highest BCUT2D eigenvalue weighted by atomic mass is 19.4. The molecule has 3 nitrogen and oxygen atoms in total. The normalized spacial score (nSPS) is 10.6. The summed E-state index contributed by atoms with van der Waals surface area (Å²) in [7, 11) is 0. The first-order valence-electron chi connectivity index (χ1n) is 4.10. The van der Waals surface area contributed by atoms with E-state index >= 15 is 0 Å². The van der Waals surface area contributed by atoms with E-state index in [9.17, 15) is 13.2 Å². The van der Waals surface area contributed by atoms with Crippen LogP contribution in [0.15, 0.2) is 12.1 Å². The zero-order valence-electron chi connectivity index (χ0n) is 7.84. The molecule has 1 N–H and O–H groups in total. The molecule has 0 aliphatic rings. The summed E-state index contributed by atoms with van der Waals surface area (Å²) in [4.78, 5) is 0. The first-order chi connectivity index (χ1) is 7.40. The van der Waals surface area contributed by atoms with Gasteiger partial charge in [0.1, 0.15) is 5.75 Å². The van der Waals surface area contributed by atoms with E-state index in [1.165, 1.54) is 6.07 Å². The molecule has 0 saturated heterocycles. The second kappa shape index (κ2) is 4.11. The molecular weight excluding hydrogens is 221 g/mol. The van der Waals surface area contributed by atoms with Crippen LogP contribution in [-0.2, 0) is 12.6 Å². The SMILES string of the molecule is N#CCc1c(C#N)cc(O)cc1C(F)(F)F. The summed E-state index contributed by atoms with van der Waals surface area (Å²) in [6, 6.07) is 4.49. The van der Waals surface area contributed by atoms with Crippen molar-refractivity contribution in [1.29, 1.82) is 10.5 Å². The standard InChI is InChI=1S/C10H5F3N2O/c11-10(12,13)9-4-7(16)3-6(5-15)8(9)1-2-14/h3-4,16H,1H2. The Morgan fingerprint density at radius 1 is 1.25 bits per heavy atom. The number of hydrogen-bond donors (Lipinski definition) is 1. The first kappa shape index (κ1) is 11.9. The number of aromatic hydroxyl groups is 1. The van der Waals surface area contributed by atoms with E-state index in [1.807, 2.05) is 0 Å². The molecule has 1 aromatic rings. The van der Waals surface area contributed by atoms with Crippen molar-refractivity contribution >= 4 is 0 Å². The molecular formula is C10H5F3N2O. The Balaban J connectivity index is 3.54. The Morgan fingerprint density at radius 3 is 2.31 bits per heavy atom. The Morgan fingerprint density at radius 2 is 1.88 bits per heavy atom. The van der Waals surface area contributed by atoms with Gasteiger partial charge in [-0.15, -0.1) is 0 Å². The number of phenols is 1. The van der Waals surface area contributed by atoms with Gasteiger partial charge in [-0.25, -0.2) is 0 Å². The van der Waals surface area contributed by atoms with Crippen LogP contribution in [0.4, 0.5) is 13.2 Å². The Bertz CT molecular complexity index is 495. The van der Waals surface area contributed by atoms with Crippen LogP contribution in [0.25, 0.3) is 0 Å². The summed E-state index contributed by atoms with van der Waals surface area (Å²) in [5, 5.41) is 26.1. The minimum Gasteiger partial charge on any atom is -0.508 e. The Kier molecular flexibility index (Phi) is 3.05. The lowest BCUT2D eigenvalue weighted by Gasteiger charge is -2.12. The highest BCUT2D eigenvalue weighted by Crippen LogP contribution is 2.36. The van der Waals surface area contributed by atoms with Crippen LogP contribution >= 0.6 is 0 Å². The van der Waals surface area contributed by atoms with E-state index in [-0.39, 0.29) is 5.56 Å². The third-order valence-electron chi connectivity index (χ3n) is 1.92. The zero-order chi connectivity index (χ0) is 12.3. The van der Waals surface area contributed by atoms with Gasteiger partial charge in [0.25, 0.3) is 0 Å². The van der Waals surface area contributed by atoms with Gasteiger partial charge in [0, 0.05) is 0 Å². The fourth-order valence-electron chi connectivity index (χ4n) is 1.28. The number of hydrogen-bond acceptors (Lipinski definition) is 3. The van der Waals surface area contributed by atoms with E-state index in [0.717, 1.165) is 6.07 Å². The van der Waals surface area contributed by atoms with Crippen molar-refractivity contribution in [3.63, 3.8) is 0 Å². The maximum absolute atomic E-state index is 12.5. The predicted octanol–water partition coefficient (Wildman–Crippen LogP) is 2.35. The molecule has 1 rings (SSSR count). The number of rotatable bonds is 1. The molecule has 0 saturated carbocycles. The van der Waals surface area contributed by atoms with Crippen LogP contribution in [0.1, 0.15) is 16.7 Å². The van der Waals surface area contributed by atoms with Crippen LogP contribution in [0.5, 0.6) is 5.75 Å². The van der Waals surface area contributed by atoms with Gasteiger partial charge in [0.05, 0.1) is 29.7 Å². The summed E-state index contributed by atoms with van der Waals surface area (Å²) >= 11 is 0. The highest BCUT2D eigenvalue weighted by molar-refractivity contribution is 5.50. The minimum atomic E-state index is -4.70. The molecule has 0 atom stereocenters. The molecule has 16 heavy (non-hydrogen) atoms. The van der Waals surface area contributed by atoms with Gasteiger partial charge in [-0.3, -0.25) is 0 Å². The molecule has 0 spiro atoms. The maximum Gasteiger partial charge on any atom is 0.416 e. The van der Waals surface area contributed by atoms with Crippen LogP contribution in [-0.4, -0.2) is 5.11 Å². The fraction of sp³-hybridized carbons (Fsp3) is 0.200. The van der Waals surface area contributed by atoms with Crippen LogP contribution < -0.4 is 0 Å². The van der Waals surface area contributed by atoms with Gasteiger partial charge < -0.3 is 5.11 Å². The molecule has 0 aromatic heterocycles. The van der Waals surface area contributed by atoms with E-state index < -0.39 is 29.5 Å². The van der Waals surface area contributed by atoms with Gasteiger partial charge >= 0.3 is 6.18 Å². The number of nitriles is 2. The summed E-state index contributed by atoms with van der Waals surface area (Å²) in [6.07, 6.45) is -5.23. The summed E-state index contributed by atoms with van der Waals surface area (Å²) in [5.41, 5.74) is -1.89. The van der Waals surface area contributed by atoms with E-state index in [4.69, 9.17) is 15.6 Å². The molecule has 0 amide bonds. The Labute approximate surface area is 89.0 Å². The maximum atomic E-state index is 12.5. The average Bonchev–Trinajstić information content (AvgIpc) is 2.18. The van der Waals surface area contributed by atoms with E-state index in [0.29, 0.717) is 6.07 Å². The smallest absolute Gasteiger partial charge is 0.416 e. The summed E-state index contributed by atoms with van der Waals surface area (Å²) in [6.45, 7) is 0. The van der Waals surface area contributed by atoms with Crippen molar-refractivity contribution in [3.05, 3.63) is 28.8 Å². The molecule has 0 aliphatic carbocycles. The third-order valence-corrected chi connectivity index (χ3v) is 1.92. The zero-order valence-corrected chi connectivity index (χ0v) is 7.84. The topological polar surface area (TPSA) is 67.8 Å². The lowest BCUT2D eigenvalue weighted by Crippen LogP contribution is -2.10. The van der Waals surface area contributed by atoms with Crippen molar-refractivity contribution in [2.45, 2.75) is 12.6 Å². The number of alkyl halides is 3. The van der Waals surface area contributed by atoms with Crippen molar-refractivity contribution in [2.24, 2.45) is 0 Å². The molecule has 6 heteroatoms. The third kappa shape index (κ3) is 2.23. The number of nitrogens with zero attached hydrogens (tertiary/aromatic N) is 2. The lowest BCUT2D eigenvalue weighted by molar-refractivity contribution is -0.138. The first-order valence-corrected chi connectivity index (χ1v) is 4.10. The fourth-order valence-corrected chi connectivity index (χ4v) is 1.28. The van der Waals surface area contributed by atoms with Crippen molar-refractivity contribution < 1.29 is 18.3 Å². The van der Waals surface area contributed by atoms with E-state index in [1.54, 1.807) is 6.07 Å². The molecule has 0 unspecified atom stereocenters. The molecule has 82 valence electrons. The molecule has 0 fully saturated rings. The van der Waals surface area contributed by atoms with Crippen molar-refractivity contribution in [1.82, 2.24) is 0 Å². The molecule has 0 bridgehead atoms. The van der Waals surface area contributed by atoms with Gasteiger partial charge in [-0.2, -0.15) is 23.7 Å². The lowest BCUT2D eigenvalue weighted by atomic mass is 9.98. The van der Waals surface area contributed by atoms with Crippen molar-refractivity contribution in [2.75, 3.05) is 0 Å². The summed E-state index contributed by atoms with van der Waals surface area (Å²) < 4.78 is 37.6. The monoisotopic (exact) mass is 226 g/mol. The second-order valence-electron chi connectivity index (χ2n) is 2.96. The number of phenolic OH excluding ortho intramolecular Hbond substituents is 1. The van der Waals surface area contributed by atoms with Crippen LogP contribution in [0.2, 0.25) is 0 Å². The van der Waals surface area contributed by atoms with Gasteiger partial charge in [-0.1, -0.05) is 0 Å². The highest BCUT2D eigenvalue weighted by Gasteiger charge is 2.35. The predicted molar refractivity (Wildman–Crippen MR) is 47.1 cm³/mol. The van der Waals surface area contributed by atoms with Crippen LogP contribution in [0.3, 0.4) is 0 Å². The Hall–Kier alpha value is -2.21. The second-order valence-corrected chi connectivity index (χ2v) is 2.96. The molecule has 0 heterocycles. The van der Waals surface area contributed by atoms with Gasteiger partial charge in [0.2, 0.25) is 0 Å². The largest absolute Gasteiger partial charge is 0.508 e. The molecule has 1 aromatic carbocycles. The molecule has 0 radical (unpaired) electrons. The van der Waals surface area contributed by atoms with Crippen molar-refractivity contribution in [3.8, 4) is 17.9 Å². The van der Waals surface area contributed by atoms with Crippen LogP contribution in [0, 0.1) is 22.7 Å². The molecule has 0 aliphatic heterocycles. The quantitative estimate of drug-likeness (QED) is 0.799. The number of halogens is 3.